The van der Waals surface area contributed by atoms with E-state index in [-0.39, 0.29) is 12.3 Å². The summed E-state index contributed by atoms with van der Waals surface area (Å²) in [5.74, 6) is 0.547. The minimum Gasteiger partial charge on any atom is -0.378 e. The van der Waals surface area contributed by atoms with E-state index in [2.05, 4.69) is 20.3 Å². The van der Waals surface area contributed by atoms with E-state index >= 15 is 0 Å². The lowest BCUT2D eigenvalue weighted by atomic mass is 10.1. The number of hydrogen-bond donors (Lipinski definition) is 1. The van der Waals surface area contributed by atoms with Crippen LogP contribution in [0.3, 0.4) is 0 Å². The summed E-state index contributed by atoms with van der Waals surface area (Å²) in [5.41, 5.74) is 6.68. The highest BCUT2D eigenvalue weighted by molar-refractivity contribution is 5.92. The largest absolute Gasteiger partial charge is 0.378 e. The Labute approximate surface area is 203 Å². The van der Waals surface area contributed by atoms with Crippen LogP contribution in [0, 0.1) is 6.92 Å². The third-order valence-electron chi connectivity index (χ3n) is 5.62. The van der Waals surface area contributed by atoms with Crippen LogP contribution in [0.5, 0.6) is 0 Å². The molecule has 0 atom stereocenters. The average Bonchev–Trinajstić information content (AvgIpc) is 3.27. The molecule has 0 saturated heterocycles. The van der Waals surface area contributed by atoms with E-state index in [0.29, 0.717) is 11.5 Å². The van der Waals surface area contributed by atoms with Crippen LogP contribution in [0.2, 0.25) is 0 Å². The average molecular weight is 464 g/mol. The van der Waals surface area contributed by atoms with E-state index in [1.807, 2.05) is 92.6 Å². The molecule has 0 aliphatic heterocycles. The van der Waals surface area contributed by atoms with Crippen molar-refractivity contribution in [1.82, 2.24) is 24.7 Å². The summed E-state index contributed by atoms with van der Waals surface area (Å²) < 4.78 is 1.78. The summed E-state index contributed by atoms with van der Waals surface area (Å²) in [6.07, 6.45) is 3.48. The van der Waals surface area contributed by atoms with Crippen molar-refractivity contribution in [2.45, 2.75) is 13.3 Å². The third-order valence-corrected chi connectivity index (χ3v) is 5.62. The number of carbonyl (C=O) groups is 1. The predicted octanol–water partition coefficient (Wildman–Crippen LogP) is 4.43. The molecule has 35 heavy (non-hydrogen) atoms. The molecule has 0 unspecified atom stereocenters. The Kier molecular flexibility index (Phi) is 5.93. The number of pyridine rings is 1. The zero-order valence-electron chi connectivity index (χ0n) is 19.8. The molecule has 8 nitrogen and oxygen atoms in total. The number of amides is 1. The fourth-order valence-corrected chi connectivity index (χ4v) is 3.88. The van der Waals surface area contributed by atoms with Crippen LogP contribution >= 0.6 is 0 Å². The standard InChI is InChI=1S/C27H25N7O/c1-18-5-4-6-26(30-18)34-25(19-7-12-23-24(15-19)29-14-13-28-23)16-21(32-34)17-27(35)31-20-8-10-22(11-9-20)33(2)3/h4-16H,17H2,1-3H3,(H,31,35). The summed E-state index contributed by atoms with van der Waals surface area (Å²) in [5, 5.41) is 7.71. The topological polar surface area (TPSA) is 88.8 Å². The highest BCUT2D eigenvalue weighted by Crippen LogP contribution is 2.26. The van der Waals surface area contributed by atoms with Gasteiger partial charge in [-0.2, -0.15) is 5.10 Å². The van der Waals surface area contributed by atoms with Crippen molar-refractivity contribution in [2.24, 2.45) is 0 Å². The first kappa shape index (κ1) is 22.2. The molecule has 0 aliphatic rings. The SMILES string of the molecule is Cc1cccc(-n2nc(CC(=O)Nc3ccc(N(C)C)cc3)cc2-c2ccc3nccnc3c2)n1. The molecule has 0 aliphatic carbocycles. The summed E-state index contributed by atoms with van der Waals surface area (Å²) in [4.78, 5) is 28.3. The van der Waals surface area contributed by atoms with E-state index < -0.39 is 0 Å². The fourth-order valence-electron chi connectivity index (χ4n) is 3.88. The first-order valence-corrected chi connectivity index (χ1v) is 11.3. The van der Waals surface area contributed by atoms with E-state index in [1.165, 1.54) is 0 Å². The molecule has 0 bridgehead atoms. The number of hydrogen-bond acceptors (Lipinski definition) is 6. The minimum atomic E-state index is -0.139. The first-order chi connectivity index (χ1) is 17.0. The molecule has 8 heteroatoms. The van der Waals surface area contributed by atoms with Crippen LogP contribution in [0.25, 0.3) is 28.1 Å². The smallest absolute Gasteiger partial charge is 0.230 e. The highest BCUT2D eigenvalue weighted by Gasteiger charge is 2.16. The molecular formula is C27H25N7O. The molecule has 0 fully saturated rings. The molecule has 1 N–H and O–H groups in total. The van der Waals surface area contributed by atoms with Gasteiger partial charge in [-0.15, -0.1) is 0 Å². The Morgan fingerprint density at radius 1 is 0.943 bits per heavy atom. The number of aryl methyl sites for hydroxylation is 1. The molecule has 3 aromatic heterocycles. The van der Waals surface area contributed by atoms with Crippen molar-refractivity contribution in [2.75, 3.05) is 24.3 Å². The number of nitrogens with zero attached hydrogens (tertiary/aromatic N) is 6. The second-order valence-electron chi connectivity index (χ2n) is 8.50. The molecular weight excluding hydrogens is 438 g/mol. The maximum absolute atomic E-state index is 12.8. The van der Waals surface area contributed by atoms with Gasteiger partial charge in [0, 0.05) is 49.1 Å². The summed E-state index contributed by atoms with van der Waals surface area (Å²) in [6.45, 7) is 1.94. The Morgan fingerprint density at radius 3 is 2.46 bits per heavy atom. The predicted molar refractivity (Wildman–Crippen MR) is 138 cm³/mol. The van der Waals surface area contributed by atoms with Gasteiger partial charge in [0.2, 0.25) is 5.91 Å². The van der Waals surface area contributed by atoms with Gasteiger partial charge >= 0.3 is 0 Å². The molecule has 3 heterocycles. The molecule has 1 amide bonds. The Balaban J connectivity index is 1.46. The summed E-state index contributed by atoms with van der Waals surface area (Å²) in [7, 11) is 3.96. The van der Waals surface area contributed by atoms with Crippen LogP contribution < -0.4 is 10.2 Å². The van der Waals surface area contributed by atoms with Gasteiger partial charge in [-0.1, -0.05) is 12.1 Å². The second kappa shape index (κ2) is 9.34. The zero-order chi connectivity index (χ0) is 24.4. The van der Waals surface area contributed by atoms with Gasteiger partial charge in [0.05, 0.1) is 28.8 Å². The Hall–Kier alpha value is -4.59. The van der Waals surface area contributed by atoms with Crippen LogP contribution in [0.1, 0.15) is 11.4 Å². The molecule has 5 aromatic rings. The van der Waals surface area contributed by atoms with Crippen LogP contribution in [0.15, 0.2) is 79.1 Å². The number of aromatic nitrogens is 5. The lowest BCUT2D eigenvalue weighted by Crippen LogP contribution is -2.15. The third kappa shape index (κ3) is 4.86. The first-order valence-electron chi connectivity index (χ1n) is 11.3. The van der Waals surface area contributed by atoms with Crippen molar-refractivity contribution in [3.8, 4) is 17.1 Å². The highest BCUT2D eigenvalue weighted by atomic mass is 16.1. The van der Waals surface area contributed by atoms with E-state index in [1.54, 1.807) is 17.1 Å². The second-order valence-corrected chi connectivity index (χ2v) is 8.50. The zero-order valence-corrected chi connectivity index (χ0v) is 19.8. The molecule has 0 saturated carbocycles. The van der Waals surface area contributed by atoms with Gasteiger partial charge in [0.1, 0.15) is 0 Å². The van der Waals surface area contributed by atoms with Gasteiger partial charge in [0.15, 0.2) is 5.82 Å². The molecule has 2 aromatic carbocycles. The number of fused-ring (bicyclic) bond motifs is 1. The lowest BCUT2D eigenvalue weighted by Gasteiger charge is -2.12. The van der Waals surface area contributed by atoms with E-state index in [0.717, 1.165) is 39.4 Å². The molecule has 0 radical (unpaired) electrons. The number of nitrogens with one attached hydrogen (secondary N) is 1. The van der Waals surface area contributed by atoms with Gasteiger partial charge in [0.25, 0.3) is 0 Å². The van der Waals surface area contributed by atoms with Crippen LogP contribution in [-0.2, 0) is 11.2 Å². The normalized spacial score (nSPS) is 10.9. The molecule has 0 spiro atoms. The van der Waals surface area contributed by atoms with Crippen LogP contribution in [0.4, 0.5) is 11.4 Å². The summed E-state index contributed by atoms with van der Waals surface area (Å²) in [6, 6.07) is 21.3. The quantitative estimate of drug-likeness (QED) is 0.401. The van der Waals surface area contributed by atoms with E-state index in [9.17, 15) is 4.79 Å². The number of carbonyl (C=O) groups excluding carboxylic acids is 1. The molecule has 5 rings (SSSR count). The number of anilines is 2. The monoisotopic (exact) mass is 463 g/mol. The minimum absolute atomic E-state index is 0.134. The Bertz CT molecular complexity index is 1510. The van der Waals surface area contributed by atoms with Crippen molar-refractivity contribution in [1.29, 1.82) is 0 Å². The number of benzene rings is 2. The van der Waals surface area contributed by atoms with Gasteiger partial charge < -0.3 is 10.2 Å². The van der Waals surface area contributed by atoms with Gasteiger partial charge in [-0.3, -0.25) is 14.8 Å². The fraction of sp³-hybridized carbons (Fsp3) is 0.148. The summed E-state index contributed by atoms with van der Waals surface area (Å²) >= 11 is 0. The maximum Gasteiger partial charge on any atom is 0.230 e. The van der Waals surface area contributed by atoms with Crippen molar-refractivity contribution < 1.29 is 4.79 Å². The van der Waals surface area contributed by atoms with Gasteiger partial charge in [-0.25, -0.2) is 9.67 Å². The lowest BCUT2D eigenvalue weighted by molar-refractivity contribution is -0.115. The Morgan fingerprint density at radius 2 is 1.71 bits per heavy atom. The van der Waals surface area contributed by atoms with E-state index in [4.69, 9.17) is 5.10 Å². The van der Waals surface area contributed by atoms with Crippen molar-refractivity contribution in [3.05, 3.63) is 90.5 Å². The van der Waals surface area contributed by atoms with Crippen molar-refractivity contribution >= 4 is 28.3 Å². The van der Waals surface area contributed by atoms with Crippen molar-refractivity contribution in [3.63, 3.8) is 0 Å². The van der Waals surface area contributed by atoms with Crippen LogP contribution in [-0.4, -0.2) is 44.7 Å². The molecule has 174 valence electrons. The van der Waals surface area contributed by atoms with Gasteiger partial charge in [-0.05, 0) is 61.5 Å². The number of rotatable bonds is 6. The maximum atomic E-state index is 12.8.